The summed E-state index contributed by atoms with van der Waals surface area (Å²) in [4.78, 5) is 21.1. The highest BCUT2D eigenvalue weighted by molar-refractivity contribution is 6.05. The van der Waals surface area contributed by atoms with E-state index in [-0.39, 0.29) is 34.8 Å². The van der Waals surface area contributed by atoms with Gasteiger partial charge in [-0.1, -0.05) is 12.5 Å². The van der Waals surface area contributed by atoms with E-state index in [0.29, 0.717) is 12.8 Å². The highest BCUT2D eigenvalue weighted by Gasteiger charge is 2.43. The number of nitro benzene ring substituents is 1. The number of nitro groups is 1. The van der Waals surface area contributed by atoms with Crippen molar-refractivity contribution in [2.75, 3.05) is 4.90 Å². The zero-order chi connectivity index (χ0) is 23.8. The van der Waals surface area contributed by atoms with Crippen LogP contribution >= 0.6 is 0 Å². The fourth-order valence-corrected chi connectivity index (χ4v) is 4.23. The van der Waals surface area contributed by atoms with Crippen LogP contribution in [0.2, 0.25) is 0 Å². The van der Waals surface area contributed by atoms with Gasteiger partial charge in [0.2, 0.25) is 11.9 Å². The Bertz CT molecular complexity index is 1140. The number of nitrogens with two attached hydrogens (primary N) is 2. The van der Waals surface area contributed by atoms with Gasteiger partial charge >= 0.3 is 6.18 Å². The molecule has 0 amide bonds. The number of guanidine groups is 2. The van der Waals surface area contributed by atoms with Gasteiger partial charge in [-0.25, -0.2) is 4.99 Å². The average molecular weight is 462 g/mol. The molecule has 1 aliphatic carbocycles. The molecule has 12 heteroatoms. The lowest BCUT2D eigenvalue weighted by Gasteiger charge is -2.45. The van der Waals surface area contributed by atoms with Crippen LogP contribution < -0.4 is 21.1 Å². The maximum Gasteiger partial charge on any atom is 0.416 e. The molecule has 0 bridgehead atoms. The fraction of sp³-hybridized carbons (Fsp3) is 0.333. The number of hydrogen-bond donors (Lipinski definition) is 2. The van der Waals surface area contributed by atoms with E-state index < -0.39 is 22.3 Å². The summed E-state index contributed by atoms with van der Waals surface area (Å²) in [7, 11) is 0. The first-order valence-electron chi connectivity index (χ1n) is 10.2. The van der Waals surface area contributed by atoms with Crippen molar-refractivity contribution in [1.29, 1.82) is 0 Å². The number of halogens is 3. The van der Waals surface area contributed by atoms with Gasteiger partial charge in [0.25, 0.3) is 5.69 Å². The lowest BCUT2D eigenvalue weighted by molar-refractivity contribution is -0.384. The van der Waals surface area contributed by atoms with E-state index in [9.17, 15) is 23.3 Å². The van der Waals surface area contributed by atoms with Crippen molar-refractivity contribution < 1.29 is 22.8 Å². The van der Waals surface area contributed by atoms with Gasteiger partial charge < -0.3 is 16.2 Å². The van der Waals surface area contributed by atoms with Crippen molar-refractivity contribution >= 4 is 23.3 Å². The molecule has 1 saturated carbocycles. The molecule has 1 fully saturated rings. The molecule has 1 heterocycles. The Kier molecular flexibility index (Phi) is 5.60. The summed E-state index contributed by atoms with van der Waals surface area (Å²) >= 11 is 0. The van der Waals surface area contributed by atoms with Crippen LogP contribution in [0, 0.1) is 10.1 Å². The fourth-order valence-electron chi connectivity index (χ4n) is 4.23. The highest BCUT2D eigenvalue weighted by Crippen LogP contribution is 2.42. The van der Waals surface area contributed by atoms with Crippen LogP contribution in [0.15, 0.2) is 52.4 Å². The van der Waals surface area contributed by atoms with E-state index in [4.69, 9.17) is 16.2 Å². The lowest BCUT2D eigenvalue weighted by Crippen LogP contribution is -2.58. The number of non-ortho nitro benzene ring substituents is 1. The van der Waals surface area contributed by atoms with Crippen LogP contribution in [0.25, 0.3) is 0 Å². The van der Waals surface area contributed by atoms with Crippen molar-refractivity contribution in [3.63, 3.8) is 0 Å². The third kappa shape index (κ3) is 4.54. The minimum Gasteiger partial charge on any atom is -0.457 e. The molecule has 2 aromatic rings. The quantitative estimate of drug-likeness (QED) is 0.507. The van der Waals surface area contributed by atoms with Crippen molar-refractivity contribution in [3.8, 4) is 11.5 Å². The molecule has 0 atom stereocenters. The summed E-state index contributed by atoms with van der Waals surface area (Å²) in [5, 5.41) is 11.6. The number of benzene rings is 2. The third-order valence-electron chi connectivity index (χ3n) is 5.59. The minimum atomic E-state index is -4.56. The van der Waals surface area contributed by atoms with Gasteiger partial charge in [-0.15, -0.1) is 0 Å². The Morgan fingerprint density at radius 2 is 1.79 bits per heavy atom. The van der Waals surface area contributed by atoms with Crippen molar-refractivity contribution in [1.82, 2.24) is 0 Å². The summed E-state index contributed by atoms with van der Waals surface area (Å²) in [5.74, 6) is -0.0996. The van der Waals surface area contributed by atoms with Crippen molar-refractivity contribution in [2.45, 2.75) is 43.9 Å². The van der Waals surface area contributed by atoms with Gasteiger partial charge in [-0.3, -0.25) is 15.0 Å². The molecule has 9 nitrogen and oxygen atoms in total. The Labute approximate surface area is 186 Å². The predicted octanol–water partition coefficient (Wildman–Crippen LogP) is 4.52. The zero-order valence-corrected chi connectivity index (χ0v) is 17.4. The molecule has 1 spiro atoms. The first kappa shape index (κ1) is 22.4. The van der Waals surface area contributed by atoms with E-state index in [2.05, 4.69) is 9.98 Å². The number of alkyl halides is 3. The number of hydrogen-bond acceptors (Lipinski definition) is 8. The Hall–Kier alpha value is -3.83. The molecule has 4 N–H and O–H groups in total. The van der Waals surface area contributed by atoms with Gasteiger partial charge in [0.15, 0.2) is 0 Å². The second kappa shape index (κ2) is 8.26. The smallest absolute Gasteiger partial charge is 0.416 e. The zero-order valence-electron chi connectivity index (χ0n) is 17.4. The van der Waals surface area contributed by atoms with E-state index in [1.165, 1.54) is 24.3 Å². The number of anilines is 1. The molecule has 0 aromatic heterocycles. The van der Waals surface area contributed by atoms with Gasteiger partial charge in [-0.05, 0) is 43.9 Å². The van der Waals surface area contributed by atoms with E-state index in [0.717, 1.165) is 37.5 Å². The third-order valence-corrected chi connectivity index (χ3v) is 5.59. The van der Waals surface area contributed by atoms with Crippen LogP contribution in [-0.2, 0) is 6.18 Å². The predicted molar refractivity (Wildman–Crippen MR) is 116 cm³/mol. The molecular weight excluding hydrogens is 441 g/mol. The standard InChI is InChI=1S/C21H21F3N6O3/c22-21(23,24)13-5-4-6-16(9-13)33-17-11-14(10-15(12-17)30(31)32)29-19(26)27-18(25)28-20(29)7-2-1-3-8-20/h4-6,9-12H,1-3,7-8H2,(H4,25,26,27,28). The van der Waals surface area contributed by atoms with Crippen LogP contribution in [0.3, 0.4) is 0 Å². The monoisotopic (exact) mass is 462 g/mol. The van der Waals surface area contributed by atoms with E-state index >= 15 is 0 Å². The summed E-state index contributed by atoms with van der Waals surface area (Å²) in [6.45, 7) is 0. The summed E-state index contributed by atoms with van der Waals surface area (Å²) in [6.07, 6.45) is -0.642. The van der Waals surface area contributed by atoms with E-state index in [1.54, 1.807) is 4.90 Å². The van der Waals surface area contributed by atoms with Crippen LogP contribution in [0.4, 0.5) is 24.5 Å². The Morgan fingerprint density at radius 3 is 2.45 bits per heavy atom. The lowest BCUT2D eigenvalue weighted by atomic mass is 9.87. The van der Waals surface area contributed by atoms with Crippen LogP contribution in [0.1, 0.15) is 37.7 Å². The Balaban J connectivity index is 1.77. The molecule has 2 aliphatic rings. The second-order valence-corrected chi connectivity index (χ2v) is 7.89. The topological polar surface area (TPSA) is 132 Å². The number of rotatable bonds is 4. The summed E-state index contributed by atoms with van der Waals surface area (Å²) < 4.78 is 44.8. The highest BCUT2D eigenvalue weighted by atomic mass is 19.4. The van der Waals surface area contributed by atoms with Crippen molar-refractivity contribution in [3.05, 3.63) is 58.1 Å². The average Bonchev–Trinajstić information content (AvgIpc) is 2.73. The minimum absolute atomic E-state index is 0.0231. The molecule has 0 unspecified atom stereocenters. The molecular formula is C21H21F3N6O3. The van der Waals surface area contributed by atoms with Crippen LogP contribution in [0.5, 0.6) is 11.5 Å². The normalized spacial score (nSPS) is 18.0. The molecule has 0 radical (unpaired) electrons. The molecule has 0 saturated heterocycles. The SMILES string of the molecule is NC1=NC2(CCCCC2)N(c2cc(Oc3cccc(C(F)(F)F)c3)cc([N+](=O)[O-])c2)C(N)=N1. The van der Waals surface area contributed by atoms with Gasteiger partial charge in [0.1, 0.15) is 17.2 Å². The van der Waals surface area contributed by atoms with Crippen molar-refractivity contribution in [2.24, 2.45) is 21.5 Å². The molecule has 2 aromatic carbocycles. The molecule has 33 heavy (non-hydrogen) atoms. The van der Waals surface area contributed by atoms with Gasteiger partial charge in [0, 0.05) is 12.1 Å². The summed E-state index contributed by atoms with van der Waals surface area (Å²) in [6, 6.07) is 8.15. The second-order valence-electron chi connectivity index (χ2n) is 7.89. The first-order valence-corrected chi connectivity index (χ1v) is 10.2. The number of aliphatic imine (C=N–C) groups is 2. The Morgan fingerprint density at radius 1 is 1.06 bits per heavy atom. The van der Waals surface area contributed by atoms with E-state index in [1.807, 2.05) is 0 Å². The maximum atomic E-state index is 13.1. The van der Waals surface area contributed by atoms with Gasteiger partial charge in [-0.2, -0.15) is 18.2 Å². The largest absolute Gasteiger partial charge is 0.457 e. The number of nitrogens with zero attached hydrogens (tertiary/aromatic N) is 4. The molecule has 4 rings (SSSR count). The maximum absolute atomic E-state index is 13.1. The van der Waals surface area contributed by atoms with Gasteiger partial charge in [0.05, 0.1) is 22.2 Å². The molecule has 1 aliphatic heterocycles. The molecule has 174 valence electrons. The van der Waals surface area contributed by atoms with Crippen LogP contribution in [-0.4, -0.2) is 22.5 Å². The summed E-state index contributed by atoms with van der Waals surface area (Å²) in [5.41, 5.74) is 10.3. The number of ether oxygens (including phenoxy) is 1. The first-order chi connectivity index (χ1) is 15.6.